The van der Waals surface area contributed by atoms with Crippen molar-refractivity contribution in [3.8, 4) is 23.0 Å². The van der Waals surface area contributed by atoms with E-state index in [-0.39, 0.29) is 5.91 Å². The molecule has 9 heteroatoms. The van der Waals surface area contributed by atoms with E-state index in [1.54, 1.807) is 30.7 Å². The van der Waals surface area contributed by atoms with Crippen LogP contribution >= 0.6 is 0 Å². The monoisotopic (exact) mass is 547 g/mol. The van der Waals surface area contributed by atoms with Gasteiger partial charge in [-0.05, 0) is 80.1 Å². The van der Waals surface area contributed by atoms with E-state index >= 15 is 0 Å². The summed E-state index contributed by atoms with van der Waals surface area (Å²) in [5, 5.41) is 3.05. The molecule has 1 saturated heterocycles. The summed E-state index contributed by atoms with van der Waals surface area (Å²) in [6.07, 6.45) is 5.21. The predicted octanol–water partition coefficient (Wildman–Crippen LogP) is 5.43. The van der Waals surface area contributed by atoms with Gasteiger partial charge in [-0.2, -0.15) is 4.98 Å². The summed E-state index contributed by atoms with van der Waals surface area (Å²) < 4.78 is 6.31. The Hall–Kier alpha value is -4.60. The zero-order valence-electron chi connectivity index (χ0n) is 23.5. The lowest BCUT2D eigenvalue weighted by atomic mass is 10.1. The van der Waals surface area contributed by atoms with Gasteiger partial charge in [-0.25, -0.2) is 4.98 Å². The Bertz CT molecular complexity index is 1690. The number of H-pyrrole nitrogens is 1. The third-order valence-electron chi connectivity index (χ3n) is 7.56. The summed E-state index contributed by atoms with van der Waals surface area (Å²) in [7, 11) is 2.17. The fraction of sp³-hybridized carbons (Fsp3) is 0.250. The molecule has 0 aliphatic carbocycles. The smallest absolute Gasteiger partial charge is 0.255 e. The predicted molar refractivity (Wildman–Crippen MR) is 160 cm³/mol. The number of carbonyl (C=O) groups excluding carboxylic acids is 1. The van der Waals surface area contributed by atoms with Crippen molar-refractivity contribution in [3.63, 3.8) is 0 Å². The molecule has 41 heavy (non-hydrogen) atoms. The number of ether oxygens (including phenoxy) is 1. The van der Waals surface area contributed by atoms with Gasteiger partial charge >= 0.3 is 0 Å². The molecule has 5 aromatic rings. The Morgan fingerprint density at radius 3 is 2.54 bits per heavy atom. The summed E-state index contributed by atoms with van der Waals surface area (Å²) in [5.74, 6) is 1.27. The van der Waals surface area contributed by atoms with Gasteiger partial charge in [0.15, 0.2) is 5.82 Å². The first-order valence-electron chi connectivity index (χ1n) is 13.8. The van der Waals surface area contributed by atoms with Crippen LogP contribution in [0.3, 0.4) is 0 Å². The molecule has 1 aliphatic heterocycles. The van der Waals surface area contributed by atoms with Gasteiger partial charge in [-0.3, -0.25) is 14.7 Å². The van der Waals surface area contributed by atoms with Crippen LogP contribution in [0.5, 0.6) is 11.6 Å². The van der Waals surface area contributed by atoms with Gasteiger partial charge in [0.2, 0.25) is 5.88 Å². The minimum atomic E-state index is -0.203. The van der Waals surface area contributed by atoms with Gasteiger partial charge in [0.25, 0.3) is 5.91 Å². The van der Waals surface area contributed by atoms with Crippen LogP contribution in [0, 0.1) is 13.8 Å². The summed E-state index contributed by atoms with van der Waals surface area (Å²) in [6, 6.07) is 17.2. The number of likely N-dealkylation sites (N-methyl/N-ethyl adjacent to an activating group) is 1. The molecule has 3 aromatic heterocycles. The maximum Gasteiger partial charge on any atom is 0.255 e. The van der Waals surface area contributed by atoms with Crippen LogP contribution in [0.2, 0.25) is 0 Å². The molecule has 0 spiro atoms. The Morgan fingerprint density at radius 1 is 0.951 bits per heavy atom. The molecule has 0 atom stereocenters. The maximum absolute atomic E-state index is 13.3. The average Bonchev–Trinajstić information content (AvgIpc) is 3.46. The van der Waals surface area contributed by atoms with Crippen molar-refractivity contribution in [2.24, 2.45) is 0 Å². The van der Waals surface area contributed by atoms with Gasteiger partial charge in [-0.15, -0.1) is 0 Å². The number of aryl methyl sites for hydroxylation is 2. The number of anilines is 1. The van der Waals surface area contributed by atoms with Crippen molar-refractivity contribution in [2.75, 3.05) is 38.5 Å². The highest BCUT2D eigenvalue weighted by Gasteiger charge is 2.17. The Kier molecular flexibility index (Phi) is 7.45. The second kappa shape index (κ2) is 11.5. The lowest BCUT2D eigenvalue weighted by Crippen LogP contribution is -2.43. The van der Waals surface area contributed by atoms with E-state index < -0.39 is 0 Å². The molecule has 0 unspecified atom stereocenters. The maximum atomic E-state index is 13.3. The Labute approximate surface area is 239 Å². The van der Waals surface area contributed by atoms with Crippen molar-refractivity contribution in [3.05, 3.63) is 95.4 Å². The molecule has 1 fully saturated rings. The van der Waals surface area contributed by atoms with E-state index in [0.29, 0.717) is 28.5 Å². The van der Waals surface area contributed by atoms with Gasteiger partial charge in [0.1, 0.15) is 11.3 Å². The minimum Gasteiger partial charge on any atom is -0.437 e. The standard InChI is InChI=1S/C32H33N7O2/c1-21-4-5-24(31(40)35-26-7-6-25(22(2)18-26)20-39-16-14-38(3)15-17-39)19-28(21)41-32-29-27(10-13-34-29)36-30(37-32)23-8-11-33-12-9-23/h4-13,18-19,34H,14-17,20H2,1-3H3,(H,35,40). The molecule has 1 amide bonds. The molecule has 2 N–H and O–H groups in total. The van der Waals surface area contributed by atoms with Crippen LogP contribution in [0.15, 0.2) is 73.2 Å². The zero-order valence-corrected chi connectivity index (χ0v) is 23.5. The number of fused-ring (bicyclic) bond motifs is 1. The second-order valence-electron chi connectivity index (χ2n) is 10.6. The molecule has 208 valence electrons. The van der Waals surface area contributed by atoms with Crippen LogP contribution in [-0.2, 0) is 6.54 Å². The average molecular weight is 548 g/mol. The van der Waals surface area contributed by atoms with Crippen LogP contribution in [0.25, 0.3) is 22.4 Å². The number of amides is 1. The van der Waals surface area contributed by atoms with Crippen molar-refractivity contribution < 1.29 is 9.53 Å². The normalized spacial score (nSPS) is 14.3. The van der Waals surface area contributed by atoms with Crippen LogP contribution < -0.4 is 10.1 Å². The largest absolute Gasteiger partial charge is 0.437 e. The number of benzene rings is 2. The number of piperazine rings is 1. The van der Waals surface area contributed by atoms with Crippen molar-refractivity contribution >= 4 is 22.6 Å². The number of hydrogen-bond donors (Lipinski definition) is 2. The summed E-state index contributed by atoms with van der Waals surface area (Å²) in [4.78, 5) is 34.7. The van der Waals surface area contributed by atoms with E-state index in [1.807, 2.05) is 43.3 Å². The summed E-state index contributed by atoms with van der Waals surface area (Å²) in [6.45, 7) is 9.29. The quantitative estimate of drug-likeness (QED) is 0.280. The lowest BCUT2D eigenvalue weighted by Gasteiger charge is -2.32. The van der Waals surface area contributed by atoms with E-state index in [9.17, 15) is 4.79 Å². The van der Waals surface area contributed by atoms with Crippen LogP contribution in [0.4, 0.5) is 5.69 Å². The molecule has 0 radical (unpaired) electrons. The van der Waals surface area contributed by atoms with E-state index in [1.165, 1.54) is 11.1 Å². The highest BCUT2D eigenvalue weighted by Crippen LogP contribution is 2.31. The van der Waals surface area contributed by atoms with Gasteiger partial charge in [0, 0.05) is 68.1 Å². The lowest BCUT2D eigenvalue weighted by molar-refractivity contribution is 0.102. The number of aromatic amines is 1. The first kappa shape index (κ1) is 26.6. The molecule has 6 rings (SSSR count). The Morgan fingerprint density at radius 2 is 1.76 bits per heavy atom. The third-order valence-corrected chi connectivity index (χ3v) is 7.56. The molecule has 9 nitrogen and oxygen atoms in total. The van der Waals surface area contributed by atoms with Gasteiger partial charge in [0.05, 0.1) is 5.52 Å². The molecule has 1 aliphatic rings. The zero-order chi connectivity index (χ0) is 28.3. The molecule has 0 bridgehead atoms. The highest BCUT2D eigenvalue weighted by atomic mass is 16.5. The number of hydrogen-bond acceptors (Lipinski definition) is 7. The van der Waals surface area contributed by atoms with Crippen molar-refractivity contribution in [2.45, 2.75) is 20.4 Å². The number of nitrogens with one attached hydrogen (secondary N) is 2. The minimum absolute atomic E-state index is 0.203. The first-order valence-corrected chi connectivity index (χ1v) is 13.8. The van der Waals surface area contributed by atoms with Crippen LogP contribution in [-0.4, -0.2) is 68.9 Å². The fourth-order valence-corrected chi connectivity index (χ4v) is 4.98. The number of rotatable bonds is 7. The SMILES string of the molecule is Cc1cc(NC(=O)c2ccc(C)c(Oc3nc(-c4ccncc4)nc4cc[nH]c34)c2)ccc1CN1CCN(C)CC1. The number of pyridine rings is 1. The molecule has 2 aromatic carbocycles. The van der Waals surface area contributed by atoms with Gasteiger partial charge < -0.3 is 19.9 Å². The van der Waals surface area contributed by atoms with Crippen molar-refractivity contribution in [1.29, 1.82) is 0 Å². The first-order chi connectivity index (χ1) is 19.9. The second-order valence-corrected chi connectivity index (χ2v) is 10.6. The Balaban J connectivity index is 1.20. The number of aromatic nitrogens is 4. The molecular formula is C32H33N7O2. The third kappa shape index (κ3) is 5.96. The van der Waals surface area contributed by atoms with E-state index in [2.05, 4.69) is 55.1 Å². The molecular weight excluding hydrogens is 514 g/mol. The van der Waals surface area contributed by atoms with E-state index in [4.69, 9.17) is 4.74 Å². The fourth-order valence-electron chi connectivity index (χ4n) is 4.98. The number of carbonyl (C=O) groups is 1. The molecule has 4 heterocycles. The summed E-state index contributed by atoms with van der Waals surface area (Å²) >= 11 is 0. The highest BCUT2D eigenvalue weighted by molar-refractivity contribution is 6.04. The number of nitrogens with zero attached hydrogens (tertiary/aromatic N) is 5. The van der Waals surface area contributed by atoms with Crippen molar-refractivity contribution in [1.82, 2.24) is 29.7 Å². The molecule has 0 saturated carbocycles. The van der Waals surface area contributed by atoms with Gasteiger partial charge in [-0.1, -0.05) is 12.1 Å². The topological polar surface area (TPSA) is 99.3 Å². The summed E-state index contributed by atoms with van der Waals surface area (Å²) in [5.41, 5.74) is 6.85. The van der Waals surface area contributed by atoms with E-state index in [0.717, 1.165) is 55.1 Å². The van der Waals surface area contributed by atoms with Crippen LogP contribution in [0.1, 0.15) is 27.0 Å².